The minimum atomic E-state index is 0.886. The van der Waals surface area contributed by atoms with Crippen LogP contribution in [0.2, 0.25) is 0 Å². The Balaban J connectivity index is 1.02. The smallest absolute Gasteiger partial charge is 0.0462 e. The molecule has 1 aliphatic rings. The zero-order valence-electron chi connectivity index (χ0n) is 35.9. The van der Waals surface area contributed by atoms with Gasteiger partial charge < -0.3 is 9.80 Å². The van der Waals surface area contributed by atoms with Crippen molar-refractivity contribution < 1.29 is 0 Å². The van der Waals surface area contributed by atoms with Crippen LogP contribution < -0.4 is 9.80 Å². The average molecular weight is 813 g/mol. The van der Waals surface area contributed by atoms with E-state index < -0.39 is 0 Å². The molecule has 0 fully saturated rings. The molecule has 2 nitrogen and oxygen atoms in total. The standard InChI is InChI=1S/C61H52N2/c1-2-16-56(26-15-19-47-17-7-3-8-18-47)62(57-37-27-51(28-38-57)48-20-9-4-10-21-48)58-43-33-54(34-44-58)55-35-45-61(46-36-55)63(59-39-29-52(30-40-59)49-22-11-5-12-23-49)60-41-31-53(32-42-60)50-24-13-6-14-25-50/h3-18,20-33,35-43,45-46H,2,19,34,44H2,1H3/b26-15-,56-16+. The molecule has 0 N–H and O–H groups in total. The molecular weight excluding hydrogens is 761 g/mol. The lowest BCUT2D eigenvalue weighted by Crippen LogP contribution is -2.22. The highest BCUT2D eigenvalue weighted by molar-refractivity contribution is 5.81. The molecule has 9 rings (SSSR count). The zero-order chi connectivity index (χ0) is 42.6. The lowest BCUT2D eigenvalue weighted by Gasteiger charge is -2.31. The van der Waals surface area contributed by atoms with Crippen LogP contribution in [-0.2, 0) is 6.42 Å². The van der Waals surface area contributed by atoms with Gasteiger partial charge in [-0.1, -0.05) is 195 Å². The number of rotatable bonds is 14. The van der Waals surface area contributed by atoms with Crippen LogP contribution in [0.5, 0.6) is 0 Å². The summed E-state index contributed by atoms with van der Waals surface area (Å²) >= 11 is 0. The molecule has 0 radical (unpaired) electrons. The van der Waals surface area contributed by atoms with Gasteiger partial charge in [0.15, 0.2) is 0 Å². The number of hydrogen-bond donors (Lipinski definition) is 0. The molecule has 0 saturated carbocycles. The third kappa shape index (κ3) is 9.78. The van der Waals surface area contributed by atoms with E-state index in [1.165, 1.54) is 67.2 Å². The van der Waals surface area contributed by atoms with Crippen molar-refractivity contribution in [1.29, 1.82) is 0 Å². The highest BCUT2D eigenvalue weighted by Gasteiger charge is 2.20. The summed E-state index contributed by atoms with van der Waals surface area (Å²) in [7, 11) is 0. The van der Waals surface area contributed by atoms with E-state index in [1.54, 1.807) is 0 Å². The maximum Gasteiger partial charge on any atom is 0.0462 e. The molecular formula is C61H52N2. The van der Waals surface area contributed by atoms with Crippen LogP contribution in [0.3, 0.4) is 0 Å². The van der Waals surface area contributed by atoms with Crippen molar-refractivity contribution in [3.05, 3.63) is 271 Å². The Hall–Kier alpha value is -7.68. The first-order valence-electron chi connectivity index (χ1n) is 22.2. The maximum atomic E-state index is 2.46. The van der Waals surface area contributed by atoms with Crippen LogP contribution in [0, 0.1) is 0 Å². The van der Waals surface area contributed by atoms with Gasteiger partial charge >= 0.3 is 0 Å². The van der Waals surface area contributed by atoms with Gasteiger partial charge in [0, 0.05) is 34.1 Å². The normalized spacial score (nSPS) is 12.7. The number of hydrogen-bond acceptors (Lipinski definition) is 2. The Bertz CT molecular complexity index is 2740. The second kappa shape index (κ2) is 19.8. The Morgan fingerprint density at radius 3 is 1.22 bits per heavy atom. The van der Waals surface area contributed by atoms with Gasteiger partial charge in [-0.05, 0) is 136 Å². The fourth-order valence-electron chi connectivity index (χ4n) is 8.48. The minimum Gasteiger partial charge on any atom is -0.315 e. The number of nitrogens with zero attached hydrogens (tertiary/aromatic N) is 2. The molecule has 0 atom stereocenters. The fourth-order valence-corrected chi connectivity index (χ4v) is 8.48. The summed E-state index contributed by atoms with van der Waals surface area (Å²) in [5.74, 6) is 0. The van der Waals surface area contributed by atoms with Crippen molar-refractivity contribution in [3.8, 4) is 33.4 Å². The first-order valence-corrected chi connectivity index (χ1v) is 22.2. The van der Waals surface area contributed by atoms with Crippen molar-refractivity contribution in [1.82, 2.24) is 0 Å². The van der Waals surface area contributed by atoms with Gasteiger partial charge in [0.1, 0.15) is 0 Å². The summed E-state index contributed by atoms with van der Waals surface area (Å²) in [6.45, 7) is 2.22. The van der Waals surface area contributed by atoms with Crippen molar-refractivity contribution >= 4 is 28.3 Å². The summed E-state index contributed by atoms with van der Waals surface area (Å²) in [5.41, 5.74) is 18.2. The van der Waals surface area contributed by atoms with E-state index >= 15 is 0 Å². The third-order valence-electron chi connectivity index (χ3n) is 11.8. The topological polar surface area (TPSA) is 6.48 Å². The molecule has 0 aromatic heterocycles. The van der Waals surface area contributed by atoms with Gasteiger partial charge in [0.2, 0.25) is 0 Å². The average Bonchev–Trinajstić information content (AvgIpc) is 3.36. The number of benzene rings is 8. The van der Waals surface area contributed by atoms with E-state index in [1.807, 2.05) is 0 Å². The molecule has 0 amide bonds. The van der Waals surface area contributed by atoms with Crippen molar-refractivity contribution in [2.24, 2.45) is 0 Å². The molecule has 0 heterocycles. The zero-order valence-corrected chi connectivity index (χ0v) is 35.9. The summed E-state index contributed by atoms with van der Waals surface area (Å²) in [5, 5.41) is 0. The highest BCUT2D eigenvalue weighted by Crippen LogP contribution is 2.39. The van der Waals surface area contributed by atoms with E-state index in [9.17, 15) is 0 Å². The largest absolute Gasteiger partial charge is 0.315 e. The second-order valence-electron chi connectivity index (χ2n) is 15.9. The summed E-state index contributed by atoms with van der Waals surface area (Å²) in [6.07, 6.45) is 15.3. The first kappa shape index (κ1) is 40.7. The van der Waals surface area contributed by atoms with Gasteiger partial charge in [-0.15, -0.1) is 0 Å². The van der Waals surface area contributed by atoms with Gasteiger partial charge in [-0.25, -0.2) is 0 Å². The van der Waals surface area contributed by atoms with Crippen LogP contribution in [-0.4, -0.2) is 0 Å². The molecule has 0 unspecified atom stereocenters. The molecule has 0 aliphatic heterocycles. The minimum absolute atomic E-state index is 0.886. The Morgan fingerprint density at radius 1 is 0.413 bits per heavy atom. The Kier molecular flexibility index (Phi) is 12.8. The molecule has 8 aromatic rings. The molecule has 2 heteroatoms. The molecule has 1 aliphatic carbocycles. The summed E-state index contributed by atoms with van der Waals surface area (Å²) in [6, 6.07) is 78.5. The molecule has 8 aromatic carbocycles. The molecule has 63 heavy (non-hydrogen) atoms. The Labute approximate surface area is 373 Å². The monoisotopic (exact) mass is 812 g/mol. The van der Waals surface area contributed by atoms with Crippen molar-refractivity contribution in [3.63, 3.8) is 0 Å². The molecule has 0 bridgehead atoms. The van der Waals surface area contributed by atoms with Crippen molar-refractivity contribution in [2.75, 3.05) is 9.80 Å². The number of anilines is 4. The van der Waals surface area contributed by atoms with E-state index in [-0.39, 0.29) is 0 Å². The lowest BCUT2D eigenvalue weighted by molar-refractivity contribution is 0.908. The van der Waals surface area contributed by atoms with Gasteiger partial charge in [0.05, 0.1) is 0 Å². The maximum absolute atomic E-state index is 2.46. The lowest BCUT2D eigenvalue weighted by atomic mass is 9.94. The van der Waals surface area contributed by atoms with Gasteiger partial charge in [0.25, 0.3) is 0 Å². The quantitative estimate of drug-likeness (QED) is 0.101. The fraction of sp³-hybridized carbons (Fsp3) is 0.0820. The summed E-state index contributed by atoms with van der Waals surface area (Å²) in [4.78, 5) is 4.81. The number of allylic oxidation sites excluding steroid dienone is 7. The van der Waals surface area contributed by atoms with E-state index in [2.05, 4.69) is 265 Å². The first-order chi connectivity index (χ1) is 31.2. The Morgan fingerprint density at radius 2 is 0.810 bits per heavy atom. The summed E-state index contributed by atoms with van der Waals surface area (Å²) < 4.78 is 0. The van der Waals surface area contributed by atoms with Crippen molar-refractivity contribution in [2.45, 2.75) is 32.6 Å². The second-order valence-corrected chi connectivity index (χ2v) is 15.9. The van der Waals surface area contributed by atoms with E-state index in [0.29, 0.717) is 0 Å². The SMILES string of the molecule is CC/C=C(\C=C/Cc1ccccc1)N(C1=CC=C(c2ccc(N(c3ccc(-c4ccccc4)cc3)c3ccc(-c4ccccc4)cc3)cc2)CC1)c1ccc(-c2ccccc2)cc1. The van der Waals surface area contributed by atoms with E-state index in [4.69, 9.17) is 0 Å². The predicted molar refractivity (Wildman–Crippen MR) is 269 cm³/mol. The highest BCUT2D eigenvalue weighted by atomic mass is 15.2. The van der Waals surface area contributed by atoms with Crippen LogP contribution >= 0.6 is 0 Å². The molecule has 0 saturated heterocycles. The van der Waals surface area contributed by atoms with Crippen LogP contribution in [0.1, 0.15) is 37.3 Å². The molecule has 0 spiro atoms. The van der Waals surface area contributed by atoms with Crippen LogP contribution in [0.4, 0.5) is 22.7 Å². The van der Waals surface area contributed by atoms with Crippen LogP contribution in [0.25, 0.3) is 39.0 Å². The molecule has 306 valence electrons. The van der Waals surface area contributed by atoms with Gasteiger partial charge in [-0.3, -0.25) is 0 Å². The van der Waals surface area contributed by atoms with Crippen LogP contribution in [0.15, 0.2) is 260 Å². The van der Waals surface area contributed by atoms with E-state index in [0.717, 1.165) is 42.7 Å². The third-order valence-corrected chi connectivity index (χ3v) is 11.8. The predicted octanol–water partition coefficient (Wildman–Crippen LogP) is 16.8. The van der Waals surface area contributed by atoms with Gasteiger partial charge in [-0.2, -0.15) is 0 Å².